The van der Waals surface area contributed by atoms with Crippen LogP contribution in [0.25, 0.3) is 11.1 Å². The fourth-order valence-corrected chi connectivity index (χ4v) is 11.9. The summed E-state index contributed by atoms with van der Waals surface area (Å²) in [7, 11) is 1.46. The Morgan fingerprint density at radius 2 is 1.30 bits per heavy atom. The van der Waals surface area contributed by atoms with Crippen molar-refractivity contribution < 1.29 is 113 Å². The van der Waals surface area contributed by atoms with Crippen LogP contribution in [0, 0.1) is 5.92 Å². The molecule has 5 aromatic carbocycles. The van der Waals surface area contributed by atoms with Gasteiger partial charge in [0.2, 0.25) is 53.4 Å². The van der Waals surface area contributed by atoms with Crippen LogP contribution in [0.1, 0.15) is 95.3 Å². The van der Waals surface area contributed by atoms with Crippen LogP contribution in [0.3, 0.4) is 0 Å². The van der Waals surface area contributed by atoms with Gasteiger partial charge in [0.15, 0.2) is 23.2 Å². The number of hydrogen-bond donors (Lipinski definition) is 18. The second-order valence-electron chi connectivity index (χ2n) is 23.6. The largest absolute Gasteiger partial charge is 0.508 e. The fraction of sp³-hybridized carbons (Fsp3) is 0.339. The van der Waals surface area contributed by atoms with Gasteiger partial charge in [0.25, 0.3) is 0 Å². The van der Waals surface area contributed by atoms with Gasteiger partial charge in [-0.2, -0.15) is 0 Å². The summed E-state index contributed by atoms with van der Waals surface area (Å²) in [6.45, 7) is 3.06. The topological polar surface area (TPSA) is 534 Å². The zero-order valence-corrected chi connectivity index (χ0v) is 52.8. The van der Waals surface area contributed by atoms with E-state index in [1.807, 2.05) is 13.8 Å². The molecule has 0 unspecified atom stereocenters. The molecule has 518 valence electrons. The Morgan fingerprint density at radius 1 is 0.684 bits per heavy atom. The number of likely N-dealkylation sites (N-methyl/N-ethyl adjacent to an activating group) is 1. The molecule has 0 saturated carbocycles. The number of carbonyl (C=O) groups excluding carboxylic acids is 7. The fourth-order valence-electron chi connectivity index (χ4n) is 11.4. The number of aliphatic hydroxyl groups excluding tert-OH is 5. The van der Waals surface area contributed by atoms with Crippen molar-refractivity contribution in [2.24, 2.45) is 11.7 Å². The van der Waals surface area contributed by atoms with Crippen LogP contribution < -0.4 is 57.2 Å². The first kappa shape index (κ1) is 70.4. The van der Waals surface area contributed by atoms with Gasteiger partial charge < -0.3 is 113 Å². The Labute approximate surface area is 562 Å². The number of halogens is 2. The highest BCUT2D eigenvalue weighted by Gasteiger charge is 2.47. The van der Waals surface area contributed by atoms with Gasteiger partial charge in [-0.05, 0) is 96.2 Å². The number of rotatable bonds is 13. The highest BCUT2D eigenvalue weighted by molar-refractivity contribution is 6.32. The smallest absolute Gasteiger partial charge is 0.358 e. The maximum absolute atomic E-state index is 15.9. The first-order valence-corrected chi connectivity index (χ1v) is 30.5. The lowest BCUT2D eigenvalue weighted by Crippen LogP contribution is -2.60. The van der Waals surface area contributed by atoms with E-state index in [9.17, 15) is 79.8 Å². The predicted molar refractivity (Wildman–Crippen MR) is 333 cm³/mol. The van der Waals surface area contributed by atoms with E-state index in [2.05, 4.69) is 47.5 Å². The maximum Gasteiger partial charge on any atom is 0.358 e. The number of benzene rings is 5. The van der Waals surface area contributed by atoms with Crippen LogP contribution in [-0.2, 0) is 49.6 Å². The Hall–Kier alpha value is -10.4. The monoisotopic (exact) mass is 1400 g/mol. The molecule has 7 amide bonds. The number of primary amides is 1. The summed E-state index contributed by atoms with van der Waals surface area (Å²) in [5, 5.41) is 136. The molecule has 0 aliphatic carbocycles. The van der Waals surface area contributed by atoms with Gasteiger partial charge in [-0.3, -0.25) is 33.6 Å². The number of nitrogens with two attached hydrogens (primary N) is 1. The van der Waals surface area contributed by atoms with Crippen molar-refractivity contribution in [3.05, 3.63) is 129 Å². The van der Waals surface area contributed by atoms with Gasteiger partial charge in [-0.1, -0.05) is 60.5 Å². The van der Waals surface area contributed by atoms with Gasteiger partial charge in [0, 0.05) is 22.8 Å². The zero-order valence-electron chi connectivity index (χ0n) is 51.3. The summed E-state index contributed by atoms with van der Waals surface area (Å²) in [5.41, 5.74) is 2.25. The predicted octanol–water partition coefficient (Wildman–Crippen LogP) is -0.134. The van der Waals surface area contributed by atoms with Crippen molar-refractivity contribution in [3.8, 4) is 57.1 Å². The summed E-state index contributed by atoms with van der Waals surface area (Å²) < 4.78 is 26.4. The minimum atomic E-state index is -2.35. The average molecular weight is 1400 g/mol. The van der Waals surface area contributed by atoms with Crippen molar-refractivity contribution in [2.75, 3.05) is 7.05 Å². The molecule has 34 nitrogen and oxygen atoms in total. The number of carboxylic acid groups (broad SMARTS) is 2. The van der Waals surface area contributed by atoms with Crippen molar-refractivity contribution in [1.29, 1.82) is 0 Å². The third-order valence-electron chi connectivity index (χ3n) is 16.3. The molecule has 12 rings (SSSR count). The van der Waals surface area contributed by atoms with Crippen LogP contribution in [-0.4, -0.2) is 181 Å². The quantitative estimate of drug-likeness (QED) is 0.0716. The maximum atomic E-state index is 15.9. The highest BCUT2D eigenvalue weighted by atomic mass is 35.5. The van der Waals surface area contributed by atoms with Gasteiger partial charge in [-0.15, -0.1) is 5.10 Å². The molecule has 1 aromatic heterocycles. The molecule has 6 aliphatic heterocycles. The number of carbonyl (C=O) groups is 9. The second-order valence-corrected chi connectivity index (χ2v) is 24.4. The Bertz CT molecular complexity index is 4200. The Morgan fingerprint density at radius 3 is 1.89 bits per heavy atom. The molecule has 0 radical (unpaired) electrons. The number of amides is 7. The highest BCUT2D eigenvalue weighted by Crippen LogP contribution is 2.49. The standard InChI is InChI=1S/C62H63Cl2N11O23/c1-21(2)10-31(66-3)54(85)71-46-48(80)23-5-8-36(29(63)12-23)95-38-14-25-15-39(53(38)98-62-52(84)51(83)50(82)40(97-62)20-75-19-33(60(91)92)73-74-75)96-37-9-6-24(13-30(37)64)49(81)47-59(90)70-45(61(93)94)28-16-26(76)17-35(78)42(28)27-11-22(4-7-34(27)77)43(56(87)72-47)69-57(88)44(25)68-55(86)32(18-41(65)79)67-58(46)89/h4-9,11-17,19,21,31-32,40,43-52,62,66,76-78,80-84H,10,18,20H2,1-3H3,(H2,65,79)(H,67,89)(H,68,86)(H,69,88)(H,70,90)(H,71,85)(H,72,87)(H,91,92)(H,93,94)/t31-,32+,40-,43-,44-,45+,46-,47+,48-,49-,50-,51+,52-,62+/m1/s1. The first-order chi connectivity index (χ1) is 46.4. The second kappa shape index (κ2) is 28.7. The average Bonchev–Trinajstić information content (AvgIpc) is 0.792. The van der Waals surface area contributed by atoms with E-state index in [1.54, 1.807) is 0 Å². The Kier molecular flexibility index (Phi) is 20.6. The van der Waals surface area contributed by atoms with Crippen molar-refractivity contribution in [2.45, 2.75) is 118 Å². The minimum absolute atomic E-state index is 0.101. The lowest BCUT2D eigenvalue weighted by molar-refractivity contribution is -0.275. The normalized spacial score (nSPS) is 25.2. The van der Waals surface area contributed by atoms with Gasteiger partial charge in [-0.25, -0.2) is 14.3 Å². The molecule has 1 fully saturated rings. The van der Waals surface area contributed by atoms with Gasteiger partial charge in [0.1, 0.15) is 95.6 Å². The molecular formula is C62H63Cl2N11O23. The van der Waals surface area contributed by atoms with Crippen LogP contribution in [0.4, 0.5) is 0 Å². The van der Waals surface area contributed by atoms with E-state index < -0.39 is 225 Å². The number of carboxylic acids is 2. The number of aliphatic carboxylic acids is 1. The van der Waals surface area contributed by atoms with Gasteiger partial charge in [0.05, 0.1) is 35.2 Å². The molecule has 19 N–H and O–H groups in total. The number of aromatic hydroxyl groups is 3. The summed E-state index contributed by atoms with van der Waals surface area (Å²) in [5.74, 6) is -17.7. The Balaban J connectivity index is 1.22. The van der Waals surface area contributed by atoms with E-state index in [4.69, 9.17) is 47.9 Å². The molecule has 98 heavy (non-hydrogen) atoms. The molecule has 36 heteroatoms. The molecule has 0 spiro atoms. The molecule has 7 heterocycles. The van der Waals surface area contributed by atoms with E-state index in [-0.39, 0.29) is 39.8 Å². The van der Waals surface area contributed by atoms with Gasteiger partial charge >= 0.3 is 11.9 Å². The number of aromatic carboxylic acids is 1. The lowest BCUT2D eigenvalue weighted by atomic mass is 9.89. The molecule has 6 aliphatic rings. The third-order valence-corrected chi connectivity index (χ3v) is 16.9. The van der Waals surface area contributed by atoms with Crippen LogP contribution >= 0.6 is 23.2 Å². The number of nitrogens with zero attached hydrogens (tertiary/aromatic N) is 3. The number of hydrogen-bond acceptors (Lipinski definition) is 24. The van der Waals surface area contributed by atoms with Crippen LogP contribution in [0.15, 0.2) is 85.1 Å². The van der Waals surface area contributed by atoms with Crippen molar-refractivity contribution in [1.82, 2.24) is 52.2 Å². The molecule has 14 atom stereocenters. The SMILES string of the molecule is CN[C@H](CC(C)C)C(=O)N[C@H]1C(=O)N[C@@H](CC(N)=O)C(=O)N[C@H]2C(=O)N[C@H]3C(=O)N[C@H](C(=O)N[C@H](C(=O)O)c4cc(O)cc(O)c4-c4cc3ccc4O)[C@H](O)c3ccc(c(Cl)c3)Oc3cc2cc(c3O[C@@H]2O[C@H](Cn3cc(C(=O)O)nn3)[C@@H](O)[C@H](O)[C@H]2O)Oc2ccc(cc2Cl)[C@H]1O. The van der Waals surface area contributed by atoms with Crippen LogP contribution in [0.2, 0.25) is 10.0 Å². The van der Waals surface area contributed by atoms with E-state index in [0.717, 1.165) is 83.7 Å². The summed E-state index contributed by atoms with van der Waals surface area (Å²) >= 11 is 14.0. The van der Waals surface area contributed by atoms with E-state index in [1.165, 1.54) is 13.1 Å². The van der Waals surface area contributed by atoms with Crippen molar-refractivity contribution >= 4 is 76.5 Å². The summed E-state index contributed by atoms with van der Waals surface area (Å²) in [4.78, 5) is 128. The number of ether oxygens (including phenoxy) is 4. The van der Waals surface area contributed by atoms with E-state index >= 15 is 14.4 Å². The summed E-state index contributed by atoms with van der Waals surface area (Å²) in [6.07, 6.45) is -14.3. The molecular weight excluding hydrogens is 1340 g/mol. The zero-order chi connectivity index (χ0) is 71.0. The van der Waals surface area contributed by atoms with Crippen LogP contribution in [0.5, 0.6) is 46.0 Å². The lowest BCUT2D eigenvalue weighted by Gasteiger charge is -2.40. The van der Waals surface area contributed by atoms with Crippen molar-refractivity contribution in [3.63, 3.8) is 0 Å². The number of aliphatic hydroxyl groups is 5. The molecule has 11 bridgehead atoms. The number of aromatic nitrogens is 3. The minimum Gasteiger partial charge on any atom is -0.508 e. The number of phenols is 3. The first-order valence-electron chi connectivity index (χ1n) is 29.8. The summed E-state index contributed by atoms with van der Waals surface area (Å²) in [6, 6.07) is -0.993. The number of nitrogens with one attached hydrogen (secondary N) is 7. The molecule has 6 aromatic rings. The number of phenolic OH excluding ortho intramolecular Hbond substituents is 3. The number of fused-ring (bicyclic) bond motifs is 15. The molecule has 1 saturated heterocycles. The van der Waals surface area contributed by atoms with E-state index in [0.29, 0.717) is 0 Å². The third kappa shape index (κ3) is 14.8.